The molecule has 0 aliphatic carbocycles. The third kappa shape index (κ3) is 13.5. The predicted octanol–water partition coefficient (Wildman–Crippen LogP) is 4.34. The van der Waals surface area contributed by atoms with Crippen molar-refractivity contribution in [2.45, 2.75) is 58.9 Å². The van der Waals surface area contributed by atoms with Crippen LogP contribution in [0.4, 0.5) is 0 Å². The number of nitrogens with one attached hydrogen (secondary N) is 5. The molecule has 0 saturated heterocycles. The second kappa shape index (κ2) is 16.0. The van der Waals surface area contributed by atoms with Crippen molar-refractivity contribution < 1.29 is 0 Å². The second-order valence-electron chi connectivity index (χ2n) is 5.91. The Balaban J connectivity index is 0. The van der Waals surface area contributed by atoms with Crippen LogP contribution in [0.15, 0.2) is 24.3 Å². The van der Waals surface area contributed by atoms with Gasteiger partial charge in [0.25, 0.3) is 0 Å². The Morgan fingerprint density at radius 1 is 0.840 bits per heavy atom. The standard InChI is InChI=1S/C18H31N5.2ClH/c1-3-4-5-6-7-8-13-21-17(19)23-18(20)22-14-16-11-9-15(2)10-12-16;;/h9-12H,3-8,13-14H2,1-2H3,(H5,19,20,21,22,23);2*1H. The maximum Gasteiger partial charge on any atom is 0.195 e. The van der Waals surface area contributed by atoms with Gasteiger partial charge in [0.15, 0.2) is 11.9 Å². The van der Waals surface area contributed by atoms with Crippen LogP contribution in [-0.2, 0) is 6.54 Å². The van der Waals surface area contributed by atoms with Crippen LogP contribution in [-0.4, -0.2) is 18.5 Å². The van der Waals surface area contributed by atoms with Crippen molar-refractivity contribution in [2.24, 2.45) is 0 Å². The van der Waals surface area contributed by atoms with Crippen molar-refractivity contribution in [3.05, 3.63) is 35.4 Å². The molecule has 0 fully saturated rings. The van der Waals surface area contributed by atoms with Gasteiger partial charge in [-0.3, -0.25) is 16.1 Å². The molecule has 0 aliphatic rings. The molecule has 0 amide bonds. The van der Waals surface area contributed by atoms with Gasteiger partial charge < -0.3 is 10.6 Å². The minimum atomic E-state index is 0. The molecule has 0 saturated carbocycles. The molecule has 1 aromatic carbocycles. The monoisotopic (exact) mass is 389 g/mol. The third-order valence-corrected chi connectivity index (χ3v) is 3.67. The molecule has 144 valence electrons. The third-order valence-electron chi connectivity index (χ3n) is 3.67. The van der Waals surface area contributed by atoms with Crippen molar-refractivity contribution in [2.75, 3.05) is 6.54 Å². The lowest BCUT2D eigenvalue weighted by Crippen LogP contribution is -2.45. The molecule has 0 radical (unpaired) electrons. The minimum Gasteiger partial charge on any atom is -0.356 e. The van der Waals surface area contributed by atoms with E-state index in [9.17, 15) is 0 Å². The Hall–Kier alpha value is -1.46. The average Bonchev–Trinajstić information content (AvgIpc) is 2.53. The number of rotatable bonds is 9. The Kier molecular flexibility index (Phi) is 16.5. The second-order valence-corrected chi connectivity index (χ2v) is 5.91. The highest BCUT2D eigenvalue weighted by atomic mass is 35.5. The summed E-state index contributed by atoms with van der Waals surface area (Å²) < 4.78 is 0. The van der Waals surface area contributed by atoms with Crippen LogP contribution in [0.25, 0.3) is 0 Å². The van der Waals surface area contributed by atoms with Crippen molar-refractivity contribution >= 4 is 36.7 Å². The zero-order valence-corrected chi connectivity index (χ0v) is 16.9. The van der Waals surface area contributed by atoms with Gasteiger partial charge in [-0.05, 0) is 18.9 Å². The fourth-order valence-corrected chi connectivity index (χ4v) is 2.23. The first-order valence-electron chi connectivity index (χ1n) is 8.59. The lowest BCUT2D eigenvalue weighted by atomic mass is 10.1. The molecular weight excluding hydrogens is 357 g/mol. The number of unbranched alkanes of at least 4 members (excludes halogenated alkanes) is 5. The molecule has 25 heavy (non-hydrogen) atoms. The van der Waals surface area contributed by atoms with E-state index in [0.29, 0.717) is 6.54 Å². The van der Waals surface area contributed by atoms with Gasteiger partial charge in [-0.1, -0.05) is 68.9 Å². The molecule has 0 unspecified atom stereocenters. The fraction of sp³-hybridized carbons (Fsp3) is 0.556. The highest BCUT2D eigenvalue weighted by molar-refractivity contribution is 5.95. The quantitative estimate of drug-likeness (QED) is 0.247. The Morgan fingerprint density at radius 2 is 1.40 bits per heavy atom. The van der Waals surface area contributed by atoms with E-state index < -0.39 is 0 Å². The summed E-state index contributed by atoms with van der Waals surface area (Å²) in [4.78, 5) is 0. The highest BCUT2D eigenvalue weighted by Crippen LogP contribution is 2.04. The number of hydrogen-bond acceptors (Lipinski definition) is 2. The zero-order chi connectivity index (χ0) is 16.9. The summed E-state index contributed by atoms with van der Waals surface area (Å²) in [5.74, 6) is 0.325. The first-order chi connectivity index (χ1) is 11.1. The fourth-order valence-electron chi connectivity index (χ4n) is 2.23. The normalized spacial score (nSPS) is 9.36. The molecule has 1 rings (SSSR count). The van der Waals surface area contributed by atoms with Crippen LogP contribution in [0.3, 0.4) is 0 Å². The minimum absolute atomic E-state index is 0. The van der Waals surface area contributed by atoms with Crippen molar-refractivity contribution in [1.82, 2.24) is 16.0 Å². The molecule has 0 aliphatic heterocycles. The van der Waals surface area contributed by atoms with Crippen molar-refractivity contribution in [3.63, 3.8) is 0 Å². The summed E-state index contributed by atoms with van der Waals surface area (Å²) in [6.07, 6.45) is 7.42. The molecule has 0 atom stereocenters. The SMILES string of the molecule is CCCCCCCCNC(=N)NC(=N)NCc1ccc(C)cc1.Cl.Cl. The van der Waals surface area contributed by atoms with Gasteiger partial charge in [0.2, 0.25) is 0 Å². The first-order valence-corrected chi connectivity index (χ1v) is 8.59. The van der Waals surface area contributed by atoms with Gasteiger partial charge in [-0.15, -0.1) is 24.8 Å². The molecule has 0 heterocycles. The van der Waals surface area contributed by atoms with Gasteiger partial charge in [-0.25, -0.2) is 0 Å². The number of hydrogen-bond donors (Lipinski definition) is 5. The summed E-state index contributed by atoms with van der Waals surface area (Å²) in [5, 5.41) is 24.3. The number of halogens is 2. The molecule has 1 aromatic rings. The summed E-state index contributed by atoms with van der Waals surface area (Å²) in [5.41, 5.74) is 2.34. The average molecular weight is 390 g/mol. The van der Waals surface area contributed by atoms with Crippen molar-refractivity contribution in [3.8, 4) is 0 Å². The Morgan fingerprint density at radius 3 is 2.04 bits per heavy atom. The van der Waals surface area contributed by atoms with E-state index in [1.54, 1.807) is 0 Å². The van der Waals surface area contributed by atoms with Crippen LogP contribution >= 0.6 is 24.8 Å². The van der Waals surface area contributed by atoms with Gasteiger partial charge in [0.05, 0.1) is 0 Å². The van der Waals surface area contributed by atoms with Gasteiger partial charge in [0.1, 0.15) is 0 Å². The first kappa shape index (κ1) is 25.8. The van der Waals surface area contributed by atoms with Crippen LogP contribution in [0.5, 0.6) is 0 Å². The summed E-state index contributed by atoms with van der Waals surface area (Å²) in [7, 11) is 0. The maximum atomic E-state index is 7.80. The van der Waals surface area contributed by atoms with E-state index in [1.165, 1.54) is 37.7 Å². The van der Waals surface area contributed by atoms with E-state index in [4.69, 9.17) is 10.8 Å². The molecule has 7 heteroatoms. The van der Waals surface area contributed by atoms with E-state index in [1.807, 2.05) is 12.1 Å². The molecule has 0 spiro atoms. The van der Waals surface area contributed by atoms with Crippen molar-refractivity contribution in [1.29, 1.82) is 10.8 Å². The summed E-state index contributed by atoms with van der Waals surface area (Å²) in [6.45, 7) is 5.63. The molecule has 5 N–H and O–H groups in total. The molecule has 0 aromatic heterocycles. The van der Waals surface area contributed by atoms with Crippen LogP contribution in [0.2, 0.25) is 0 Å². The molecule has 5 nitrogen and oxygen atoms in total. The molecule has 0 bridgehead atoms. The maximum absolute atomic E-state index is 7.80. The lowest BCUT2D eigenvalue weighted by Gasteiger charge is -2.12. The van der Waals surface area contributed by atoms with Gasteiger partial charge in [-0.2, -0.15) is 0 Å². The summed E-state index contributed by atoms with van der Waals surface area (Å²) in [6, 6.07) is 8.19. The van der Waals surface area contributed by atoms with E-state index >= 15 is 0 Å². The molecular formula is C18H33Cl2N5. The topological polar surface area (TPSA) is 83.8 Å². The zero-order valence-electron chi connectivity index (χ0n) is 15.3. The summed E-state index contributed by atoms with van der Waals surface area (Å²) >= 11 is 0. The van der Waals surface area contributed by atoms with E-state index in [-0.39, 0.29) is 36.7 Å². The largest absolute Gasteiger partial charge is 0.356 e. The van der Waals surface area contributed by atoms with Crippen LogP contribution in [0.1, 0.15) is 56.6 Å². The Labute approximate surface area is 164 Å². The smallest absolute Gasteiger partial charge is 0.195 e. The predicted molar refractivity (Wildman–Crippen MR) is 112 cm³/mol. The highest BCUT2D eigenvalue weighted by Gasteiger charge is 2.00. The lowest BCUT2D eigenvalue weighted by molar-refractivity contribution is 0.600. The van der Waals surface area contributed by atoms with Crippen LogP contribution < -0.4 is 16.0 Å². The van der Waals surface area contributed by atoms with Gasteiger partial charge >= 0.3 is 0 Å². The van der Waals surface area contributed by atoms with Crippen LogP contribution in [0, 0.1) is 17.7 Å². The number of aryl methyl sites for hydroxylation is 1. The van der Waals surface area contributed by atoms with E-state index in [0.717, 1.165) is 18.5 Å². The van der Waals surface area contributed by atoms with E-state index in [2.05, 4.69) is 41.9 Å². The number of guanidine groups is 2. The Bertz CT molecular complexity index is 477. The number of benzene rings is 1. The van der Waals surface area contributed by atoms with Gasteiger partial charge in [0, 0.05) is 13.1 Å².